The van der Waals surface area contributed by atoms with Crippen molar-refractivity contribution in [3.05, 3.63) is 71.3 Å². The lowest BCUT2D eigenvalue weighted by Gasteiger charge is -2.10. The summed E-state index contributed by atoms with van der Waals surface area (Å²) in [6, 6.07) is 14.3. The first-order valence-electron chi connectivity index (χ1n) is 7.78. The van der Waals surface area contributed by atoms with Crippen LogP contribution in [0.3, 0.4) is 0 Å². The lowest BCUT2D eigenvalue weighted by atomic mass is 10.1. The molecule has 0 bridgehead atoms. The van der Waals surface area contributed by atoms with E-state index in [1.165, 1.54) is 6.08 Å². The van der Waals surface area contributed by atoms with Crippen LogP contribution in [0.1, 0.15) is 21.5 Å². The molecule has 0 aliphatic heterocycles. The van der Waals surface area contributed by atoms with Crippen molar-refractivity contribution < 1.29 is 14.3 Å². The average molecular weight is 369 g/mol. The zero-order valence-corrected chi connectivity index (χ0v) is 15.2. The molecule has 0 aliphatic rings. The largest absolute Gasteiger partial charge is 0.497 e. The number of aryl methyl sites for hydroxylation is 1. The Hall–Kier alpha value is -3.19. The van der Waals surface area contributed by atoms with Crippen LogP contribution in [-0.4, -0.2) is 24.0 Å². The highest BCUT2D eigenvalue weighted by Crippen LogP contribution is 2.12. The van der Waals surface area contributed by atoms with Crippen LogP contribution in [-0.2, 0) is 4.79 Å². The van der Waals surface area contributed by atoms with Gasteiger partial charge in [0.1, 0.15) is 5.75 Å². The summed E-state index contributed by atoms with van der Waals surface area (Å²) >= 11 is 4.98. The summed E-state index contributed by atoms with van der Waals surface area (Å²) in [5.41, 5.74) is 7.23. The minimum absolute atomic E-state index is 0.00427. The zero-order valence-electron chi connectivity index (χ0n) is 14.4. The number of benzene rings is 2. The Morgan fingerprint density at radius 2 is 1.81 bits per heavy atom. The molecule has 2 aromatic rings. The van der Waals surface area contributed by atoms with E-state index in [1.807, 2.05) is 25.1 Å². The molecule has 0 atom stereocenters. The van der Waals surface area contributed by atoms with Gasteiger partial charge in [-0.25, -0.2) is 0 Å². The molecular formula is C19H19N3O3S. The summed E-state index contributed by atoms with van der Waals surface area (Å²) in [5, 5.41) is 2.44. The third kappa shape index (κ3) is 6.03. The van der Waals surface area contributed by atoms with Gasteiger partial charge in [-0.05, 0) is 55.0 Å². The Balaban J connectivity index is 1.80. The van der Waals surface area contributed by atoms with Crippen LogP contribution in [0.4, 0.5) is 0 Å². The highest BCUT2D eigenvalue weighted by Gasteiger charge is 2.06. The maximum absolute atomic E-state index is 12.0. The molecule has 6 nitrogen and oxygen atoms in total. The first-order chi connectivity index (χ1) is 12.5. The van der Waals surface area contributed by atoms with Crippen molar-refractivity contribution in [3.8, 4) is 5.75 Å². The van der Waals surface area contributed by atoms with Crippen LogP contribution >= 0.6 is 12.2 Å². The van der Waals surface area contributed by atoms with Gasteiger partial charge in [0.2, 0.25) is 5.91 Å². The third-order valence-corrected chi connectivity index (χ3v) is 3.55. The quantitative estimate of drug-likeness (QED) is 0.438. The van der Waals surface area contributed by atoms with E-state index >= 15 is 0 Å². The summed E-state index contributed by atoms with van der Waals surface area (Å²) < 4.78 is 5.07. The van der Waals surface area contributed by atoms with Gasteiger partial charge < -0.3 is 4.74 Å². The fourth-order valence-corrected chi connectivity index (χ4v) is 2.20. The first kappa shape index (κ1) is 19.1. The van der Waals surface area contributed by atoms with E-state index in [9.17, 15) is 9.59 Å². The molecule has 2 rings (SSSR count). The zero-order chi connectivity index (χ0) is 18.9. The van der Waals surface area contributed by atoms with Gasteiger partial charge in [0.25, 0.3) is 5.91 Å². The molecule has 0 saturated carbocycles. The summed E-state index contributed by atoms with van der Waals surface area (Å²) in [6.07, 6.45) is 2.99. The Morgan fingerprint density at radius 3 is 2.46 bits per heavy atom. The molecule has 3 N–H and O–H groups in total. The molecule has 0 radical (unpaired) electrons. The van der Waals surface area contributed by atoms with Crippen molar-refractivity contribution in [1.82, 2.24) is 16.2 Å². The highest BCUT2D eigenvalue weighted by atomic mass is 32.1. The van der Waals surface area contributed by atoms with Crippen molar-refractivity contribution in [2.45, 2.75) is 6.92 Å². The van der Waals surface area contributed by atoms with Gasteiger partial charge in [-0.3, -0.25) is 25.8 Å². The summed E-state index contributed by atoms with van der Waals surface area (Å²) in [6.45, 7) is 1.89. The van der Waals surface area contributed by atoms with Crippen LogP contribution in [0, 0.1) is 6.92 Å². The predicted molar refractivity (Wildman–Crippen MR) is 105 cm³/mol. The first-order valence-corrected chi connectivity index (χ1v) is 8.19. The highest BCUT2D eigenvalue weighted by molar-refractivity contribution is 7.80. The van der Waals surface area contributed by atoms with Gasteiger partial charge in [-0.1, -0.05) is 29.8 Å². The number of nitrogens with one attached hydrogen (secondary N) is 3. The number of amides is 2. The number of carbonyl (C=O) groups excluding carboxylic acids is 2. The van der Waals surface area contributed by atoms with Crippen molar-refractivity contribution in [3.63, 3.8) is 0 Å². The Morgan fingerprint density at radius 1 is 1.08 bits per heavy atom. The van der Waals surface area contributed by atoms with Crippen LogP contribution in [0.2, 0.25) is 0 Å². The summed E-state index contributed by atoms with van der Waals surface area (Å²) in [5.74, 6) is -0.0245. The van der Waals surface area contributed by atoms with Gasteiger partial charge in [0, 0.05) is 11.6 Å². The van der Waals surface area contributed by atoms with Gasteiger partial charge in [0.05, 0.1) is 7.11 Å². The van der Waals surface area contributed by atoms with E-state index in [0.717, 1.165) is 16.9 Å². The van der Waals surface area contributed by atoms with E-state index in [-0.39, 0.29) is 11.0 Å². The average Bonchev–Trinajstić information content (AvgIpc) is 2.65. The molecule has 0 spiro atoms. The smallest absolute Gasteiger partial charge is 0.269 e. The molecule has 0 fully saturated rings. The monoisotopic (exact) mass is 369 g/mol. The number of ether oxygens (including phenoxy) is 1. The van der Waals surface area contributed by atoms with E-state index in [4.69, 9.17) is 17.0 Å². The van der Waals surface area contributed by atoms with Crippen molar-refractivity contribution in [2.75, 3.05) is 7.11 Å². The second-order valence-electron chi connectivity index (χ2n) is 5.37. The minimum Gasteiger partial charge on any atom is -0.497 e. The van der Waals surface area contributed by atoms with Gasteiger partial charge in [0.15, 0.2) is 5.11 Å². The van der Waals surface area contributed by atoms with Crippen LogP contribution in [0.5, 0.6) is 5.75 Å². The van der Waals surface area contributed by atoms with Crippen LogP contribution < -0.4 is 20.9 Å². The predicted octanol–water partition coefficient (Wildman–Crippen LogP) is 2.35. The molecule has 134 valence electrons. The number of hydrogen-bond donors (Lipinski definition) is 3. The van der Waals surface area contributed by atoms with Gasteiger partial charge in [-0.2, -0.15) is 0 Å². The Labute approximate surface area is 157 Å². The topological polar surface area (TPSA) is 79.5 Å². The third-order valence-electron chi connectivity index (χ3n) is 3.35. The number of thiocarbonyl (C=S) groups is 1. The van der Waals surface area contributed by atoms with Crippen LogP contribution in [0.15, 0.2) is 54.6 Å². The van der Waals surface area contributed by atoms with Crippen molar-refractivity contribution >= 4 is 35.2 Å². The molecule has 0 unspecified atom stereocenters. The second-order valence-corrected chi connectivity index (χ2v) is 5.78. The van der Waals surface area contributed by atoms with Crippen molar-refractivity contribution in [2.24, 2.45) is 0 Å². The molecular weight excluding hydrogens is 350 g/mol. The summed E-state index contributed by atoms with van der Waals surface area (Å²) in [7, 11) is 1.59. The second kappa shape index (κ2) is 9.33. The number of hydrogen-bond acceptors (Lipinski definition) is 4. The lowest BCUT2D eigenvalue weighted by molar-refractivity contribution is -0.115. The molecule has 0 aromatic heterocycles. The number of hydrazine groups is 1. The van der Waals surface area contributed by atoms with E-state index in [1.54, 1.807) is 43.5 Å². The van der Waals surface area contributed by atoms with E-state index < -0.39 is 5.91 Å². The van der Waals surface area contributed by atoms with Crippen LogP contribution in [0.25, 0.3) is 6.08 Å². The Bertz CT molecular complexity index is 832. The molecule has 7 heteroatoms. The molecule has 2 amide bonds. The molecule has 26 heavy (non-hydrogen) atoms. The van der Waals surface area contributed by atoms with Crippen molar-refractivity contribution in [1.29, 1.82) is 0 Å². The van der Waals surface area contributed by atoms with Gasteiger partial charge >= 0.3 is 0 Å². The molecule has 0 heterocycles. The number of rotatable bonds is 4. The maximum atomic E-state index is 12.0. The van der Waals surface area contributed by atoms with E-state index in [2.05, 4.69) is 16.2 Å². The number of carbonyl (C=O) groups is 2. The summed E-state index contributed by atoms with van der Waals surface area (Å²) in [4.78, 5) is 23.8. The lowest BCUT2D eigenvalue weighted by Crippen LogP contribution is -2.48. The minimum atomic E-state index is -0.414. The molecule has 2 aromatic carbocycles. The fourth-order valence-electron chi connectivity index (χ4n) is 2.04. The SMILES string of the molecule is COc1ccc(/C=C/C(=O)NC(=S)NNC(=O)c2cccc(C)c2)cc1. The Kier molecular flexibility index (Phi) is 6.87. The fraction of sp³-hybridized carbons (Fsp3) is 0.105. The standard InChI is InChI=1S/C19H19N3O3S/c1-13-4-3-5-15(12-13)18(24)21-22-19(26)20-17(23)11-8-14-6-9-16(25-2)10-7-14/h3-12H,1-2H3,(H,21,24)(H2,20,22,23,26)/b11-8+. The maximum Gasteiger partial charge on any atom is 0.269 e. The molecule has 0 saturated heterocycles. The van der Waals surface area contributed by atoms with Gasteiger partial charge in [-0.15, -0.1) is 0 Å². The normalized spacial score (nSPS) is 10.2. The number of methoxy groups -OCH3 is 1. The molecule has 0 aliphatic carbocycles. The van der Waals surface area contributed by atoms with E-state index in [0.29, 0.717) is 5.56 Å².